The summed E-state index contributed by atoms with van der Waals surface area (Å²) in [5.41, 5.74) is 1.03. The van der Waals surface area contributed by atoms with E-state index in [2.05, 4.69) is 41.3 Å². The molecule has 2 heterocycles. The monoisotopic (exact) mass is 280 g/mol. The molecule has 0 bridgehead atoms. The lowest BCUT2D eigenvalue weighted by atomic mass is 9.74. The zero-order valence-electron chi connectivity index (χ0n) is 11.9. The van der Waals surface area contributed by atoms with Gasteiger partial charge in [-0.05, 0) is 60.7 Å². The van der Waals surface area contributed by atoms with E-state index >= 15 is 0 Å². The summed E-state index contributed by atoms with van der Waals surface area (Å²) >= 11 is 1.71. The first kappa shape index (κ1) is 14.5. The summed E-state index contributed by atoms with van der Waals surface area (Å²) in [6.45, 7) is 6.94. The van der Waals surface area contributed by atoms with Crippen molar-refractivity contribution in [2.24, 2.45) is 11.3 Å². The van der Waals surface area contributed by atoms with Gasteiger partial charge in [-0.25, -0.2) is 0 Å². The molecule has 1 fully saturated rings. The van der Waals surface area contributed by atoms with Crippen LogP contribution in [0.25, 0.3) is 0 Å². The van der Waals surface area contributed by atoms with Crippen LogP contribution in [0.4, 0.5) is 0 Å². The van der Waals surface area contributed by atoms with Crippen molar-refractivity contribution in [3.63, 3.8) is 0 Å². The van der Waals surface area contributed by atoms with Gasteiger partial charge in [-0.2, -0.15) is 11.3 Å². The van der Waals surface area contributed by atoms with Crippen LogP contribution >= 0.6 is 11.3 Å². The summed E-state index contributed by atoms with van der Waals surface area (Å²) in [6, 6.07) is 2.12. The molecule has 1 unspecified atom stereocenters. The van der Waals surface area contributed by atoms with Crippen LogP contribution in [0.5, 0.6) is 0 Å². The van der Waals surface area contributed by atoms with Gasteiger partial charge in [-0.3, -0.25) is 4.79 Å². The van der Waals surface area contributed by atoms with Crippen LogP contribution in [-0.4, -0.2) is 25.5 Å². The number of rotatable bonds is 5. The number of carbonyl (C=O) groups is 1. The minimum Gasteiger partial charge on any atom is -0.355 e. The summed E-state index contributed by atoms with van der Waals surface area (Å²) in [5, 5.41) is 10.7. The summed E-state index contributed by atoms with van der Waals surface area (Å²) < 4.78 is 0. The van der Waals surface area contributed by atoms with Crippen LogP contribution in [0, 0.1) is 11.3 Å². The number of amides is 1. The van der Waals surface area contributed by atoms with Crippen molar-refractivity contribution in [1.29, 1.82) is 0 Å². The summed E-state index contributed by atoms with van der Waals surface area (Å²) in [5.74, 6) is 0.638. The topological polar surface area (TPSA) is 41.1 Å². The molecule has 4 heteroatoms. The van der Waals surface area contributed by atoms with Gasteiger partial charge < -0.3 is 10.6 Å². The lowest BCUT2D eigenvalue weighted by molar-refractivity contribution is -0.132. The van der Waals surface area contributed by atoms with Gasteiger partial charge >= 0.3 is 0 Å². The predicted molar refractivity (Wildman–Crippen MR) is 80.4 cm³/mol. The first-order valence-electron chi connectivity index (χ1n) is 7.11. The maximum absolute atomic E-state index is 12.4. The molecule has 0 aliphatic carbocycles. The van der Waals surface area contributed by atoms with E-state index in [1.807, 2.05) is 0 Å². The molecule has 2 rings (SSSR count). The minimum absolute atomic E-state index is 0.191. The van der Waals surface area contributed by atoms with E-state index in [1.165, 1.54) is 12.0 Å². The maximum Gasteiger partial charge on any atom is 0.225 e. The number of piperidine rings is 1. The van der Waals surface area contributed by atoms with E-state index in [4.69, 9.17) is 0 Å². The molecule has 1 aromatic rings. The Balaban J connectivity index is 1.80. The standard InChI is InChI=1S/C15H24N2OS/c1-15(2,13-4-3-7-16-10-13)14(18)17-8-5-12-6-9-19-11-12/h6,9,11,13,16H,3-5,7-8,10H2,1-2H3,(H,17,18). The molecule has 1 atom stereocenters. The van der Waals surface area contributed by atoms with Gasteiger partial charge in [0.05, 0.1) is 0 Å². The molecule has 3 nitrogen and oxygen atoms in total. The van der Waals surface area contributed by atoms with Gasteiger partial charge in [0.15, 0.2) is 0 Å². The second-order valence-electron chi connectivity index (χ2n) is 5.90. The molecule has 0 radical (unpaired) electrons. The first-order chi connectivity index (χ1) is 9.10. The van der Waals surface area contributed by atoms with E-state index in [9.17, 15) is 4.79 Å². The average Bonchev–Trinajstić information content (AvgIpc) is 2.93. The molecule has 0 spiro atoms. The van der Waals surface area contributed by atoms with E-state index in [0.717, 1.165) is 32.5 Å². The van der Waals surface area contributed by atoms with Crippen molar-refractivity contribution in [1.82, 2.24) is 10.6 Å². The van der Waals surface area contributed by atoms with Gasteiger partial charge in [0, 0.05) is 12.0 Å². The Bertz CT molecular complexity index is 394. The summed E-state index contributed by atoms with van der Waals surface area (Å²) in [6.07, 6.45) is 3.25. The molecule has 0 saturated carbocycles. The van der Waals surface area contributed by atoms with E-state index in [-0.39, 0.29) is 11.3 Å². The van der Waals surface area contributed by atoms with E-state index in [0.29, 0.717) is 5.92 Å². The third kappa shape index (κ3) is 3.80. The lowest BCUT2D eigenvalue weighted by Crippen LogP contribution is -2.47. The number of carbonyl (C=O) groups excluding carboxylic acids is 1. The normalized spacial score (nSPS) is 20.2. The fourth-order valence-corrected chi connectivity index (χ4v) is 3.34. The molecule has 1 aromatic heterocycles. The van der Waals surface area contributed by atoms with E-state index < -0.39 is 0 Å². The largest absolute Gasteiger partial charge is 0.355 e. The molecular formula is C15H24N2OS. The highest BCUT2D eigenvalue weighted by molar-refractivity contribution is 7.07. The molecule has 2 N–H and O–H groups in total. The van der Waals surface area contributed by atoms with Crippen LogP contribution in [0.15, 0.2) is 16.8 Å². The van der Waals surface area contributed by atoms with Gasteiger partial charge in [0.25, 0.3) is 0 Å². The highest BCUT2D eigenvalue weighted by Crippen LogP contribution is 2.31. The van der Waals surface area contributed by atoms with Crippen molar-refractivity contribution in [3.8, 4) is 0 Å². The SMILES string of the molecule is CC(C)(C(=O)NCCc1ccsc1)C1CCCNC1. The number of nitrogens with one attached hydrogen (secondary N) is 2. The zero-order chi connectivity index (χ0) is 13.7. The van der Waals surface area contributed by atoms with Crippen LogP contribution in [-0.2, 0) is 11.2 Å². The summed E-state index contributed by atoms with van der Waals surface area (Å²) in [4.78, 5) is 12.4. The van der Waals surface area contributed by atoms with Crippen LogP contribution in [0.3, 0.4) is 0 Å². The second kappa shape index (κ2) is 6.53. The Kier molecular flexibility index (Phi) is 4.99. The van der Waals surface area contributed by atoms with Crippen LogP contribution in [0.1, 0.15) is 32.3 Å². The van der Waals surface area contributed by atoms with E-state index in [1.54, 1.807) is 11.3 Å². The van der Waals surface area contributed by atoms with Crippen LogP contribution in [0.2, 0.25) is 0 Å². The molecule has 1 aliphatic rings. The van der Waals surface area contributed by atoms with Crippen molar-refractivity contribution < 1.29 is 4.79 Å². The predicted octanol–water partition coefficient (Wildman–Crippen LogP) is 2.43. The Labute approximate surface area is 119 Å². The Morgan fingerprint density at radius 3 is 3.05 bits per heavy atom. The number of hydrogen-bond donors (Lipinski definition) is 2. The van der Waals surface area contributed by atoms with Gasteiger partial charge in [-0.15, -0.1) is 0 Å². The minimum atomic E-state index is -0.276. The highest BCUT2D eigenvalue weighted by Gasteiger charge is 2.36. The fraction of sp³-hybridized carbons (Fsp3) is 0.667. The molecule has 0 aromatic carbocycles. The molecule has 1 amide bonds. The molecular weight excluding hydrogens is 256 g/mol. The number of hydrogen-bond acceptors (Lipinski definition) is 3. The van der Waals surface area contributed by atoms with Gasteiger partial charge in [0.2, 0.25) is 5.91 Å². The molecule has 106 valence electrons. The van der Waals surface area contributed by atoms with Crippen molar-refractivity contribution >= 4 is 17.2 Å². The van der Waals surface area contributed by atoms with Gasteiger partial charge in [-0.1, -0.05) is 13.8 Å². The third-order valence-corrected chi connectivity index (χ3v) is 4.91. The Morgan fingerprint density at radius 2 is 2.42 bits per heavy atom. The zero-order valence-corrected chi connectivity index (χ0v) is 12.7. The molecule has 1 saturated heterocycles. The maximum atomic E-state index is 12.4. The Morgan fingerprint density at radius 1 is 1.58 bits per heavy atom. The third-order valence-electron chi connectivity index (χ3n) is 4.18. The van der Waals surface area contributed by atoms with Crippen molar-refractivity contribution in [2.75, 3.05) is 19.6 Å². The fourth-order valence-electron chi connectivity index (χ4n) is 2.64. The highest BCUT2D eigenvalue weighted by atomic mass is 32.1. The van der Waals surface area contributed by atoms with Crippen molar-refractivity contribution in [2.45, 2.75) is 33.1 Å². The van der Waals surface area contributed by atoms with Crippen LogP contribution < -0.4 is 10.6 Å². The summed E-state index contributed by atoms with van der Waals surface area (Å²) in [7, 11) is 0. The number of thiophene rings is 1. The first-order valence-corrected chi connectivity index (χ1v) is 8.05. The molecule has 19 heavy (non-hydrogen) atoms. The average molecular weight is 280 g/mol. The van der Waals surface area contributed by atoms with Crippen molar-refractivity contribution in [3.05, 3.63) is 22.4 Å². The lowest BCUT2D eigenvalue weighted by Gasteiger charge is -2.36. The Hall–Kier alpha value is -0.870. The second-order valence-corrected chi connectivity index (χ2v) is 6.68. The van der Waals surface area contributed by atoms with Gasteiger partial charge in [0.1, 0.15) is 0 Å². The smallest absolute Gasteiger partial charge is 0.225 e. The molecule has 1 aliphatic heterocycles. The quantitative estimate of drug-likeness (QED) is 0.870.